The molecule has 0 unspecified atom stereocenters. The lowest BCUT2D eigenvalue weighted by atomic mass is 9.95. The predicted molar refractivity (Wildman–Crippen MR) is 74.4 cm³/mol. The maximum atomic E-state index is 11.3. The first-order valence-electron chi connectivity index (χ1n) is 6.27. The Morgan fingerprint density at radius 2 is 2.05 bits per heavy atom. The molecule has 1 aromatic carbocycles. The van der Waals surface area contributed by atoms with Crippen LogP contribution in [0.25, 0.3) is 11.3 Å². The third kappa shape index (κ3) is 2.38. The molecule has 0 saturated heterocycles. The van der Waals surface area contributed by atoms with Crippen molar-refractivity contribution in [3.05, 3.63) is 41.3 Å². The molecule has 19 heavy (non-hydrogen) atoms. The molecule has 0 spiro atoms. The molecule has 0 bridgehead atoms. The number of benzene rings is 1. The molecule has 1 N–H and O–H groups in total. The molecule has 0 aliphatic heterocycles. The number of carbonyl (C=O) groups is 1. The van der Waals surface area contributed by atoms with Crippen LogP contribution in [0.2, 0.25) is 0 Å². The van der Waals surface area contributed by atoms with Crippen molar-refractivity contribution in [2.75, 3.05) is 0 Å². The average molecular weight is 258 g/mol. The van der Waals surface area contributed by atoms with E-state index in [2.05, 4.69) is 24.9 Å². The van der Waals surface area contributed by atoms with Gasteiger partial charge in [-0.1, -0.05) is 26.0 Å². The zero-order valence-electron chi connectivity index (χ0n) is 11.6. The van der Waals surface area contributed by atoms with Gasteiger partial charge in [-0.25, -0.2) is 9.78 Å². The number of carboxylic acid groups (broad SMARTS) is 1. The first-order valence-corrected chi connectivity index (χ1v) is 6.27. The van der Waals surface area contributed by atoms with Crippen LogP contribution < -0.4 is 0 Å². The number of hydrogen-bond donors (Lipinski definition) is 1. The smallest absolute Gasteiger partial charge is 0.354 e. The summed E-state index contributed by atoms with van der Waals surface area (Å²) in [6.07, 6.45) is 1.54. The molecule has 0 aliphatic carbocycles. The molecule has 2 rings (SSSR count). The van der Waals surface area contributed by atoms with E-state index in [1.807, 2.05) is 19.1 Å². The zero-order valence-corrected chi connectivity index (χ0v) is 11.6. The Bertz CT molecular complexity index is 627. The summed E-state index contributed by atoms with van der Waals surface area (Å²) >= 11 is 0. The van der Waals surface area contributed by atoms with Crippen LogP contribution in [0.4, 0.5) is 0 Å². The highest BCUT2D eigenvalue weighted by molar-refractivity contribution is 5.93. The van der Waals surface area contributed by atoms with Gasteiger partial charge in [0.2, 0.25) is 0 Å². The lowest BCUT2D eigenvalue weighted by Gasteiger charge is -2.10. The van der Waals surface area contributed by atoms with E-state index >= 15 is 0 Å². The summed E-state index contributed by atoms with van der Waals surface area (Å²) in [6, 6.07) is 6.13. The Hall–Kier alpha value is -2.10. The van der Waals surface area contributed by atoms with Gasteiger partial charge in [-0.05, 0) is 30.0 Å². The second-order valence-corrected chi connectivity index (χ2v) is 5.09. The summed E-state index contributed by atoms with van der Waals surface area (Å²) in [5, 5.41) is 9.31. The van der Waals surface area contributed by atoms with E-state index in [4.69, 9.17) is 0 Å². The van der Waals surface area contributed by atoms with Crippen molar-refractivity contribution >= 4 is 5.97 Å². The van der Waals surface area contributed by atoms with Crippen LogP contribution in [0.1, 0.15) is 41.4 Å². The van der Waals surface area contributed by atoms with Gasteiger partial charge >= 0.3 is 5.97 Å². The molecular weight excluding hydrogens is 240 g/mol. The van der Waals surface area contributed by atoms with Crippen molar-refractivity contribution in [3.8, 4) is 11.3 Å². The van der Waals surface area contributed by atoms with Crippen LogP contribution in [0.15, 0.2) is 24.5 Å². The summed E-state index contributed by atoms with van der Waals surface area (Å²) < 4.78 is 1.54. The number of hydrogen-bond acceptors (Lipinski definition) is 2. The highest BCUT2D eigenvalue weighted by Crippen LogP contribution is 2.28. The Balaban J connectivity index is 2.65. The highest BCUT2D eigenvalue weighted by atomic mass is 16.4. The minimum Gasteiger partial charge on any atom is -0.477 e. The molecule has 2 aromatic rings. The fourth-order valence-electron chi connectivity index (χ4n) is 2.13. The number of imidazole rings is 1. The third-order valence-electron chi connectivity index (χ3n) is 3.32. The van der Waals surface area contributed by atoms with Gasteiger partial charge in [0.25, 0.3) is 0 Å². The minimum atomic E-state index is -0.954. The normalized spacial score (nSPS) is 11.0. The summed E-state index contributed by atoms with van der Waals surface area (Å²) in [5.74, 6) is -0.555. The van der Waals surface area contributed by atoms with Crippen molar-refractivity contribution in [3.63, 3.8) is 0 Å². The fraction of sp³-hybridized carbons (Fsp3) is 0.333. The molecule has 0 fully saturated rings. The second-order valence-electron chi connectivity index (χ2n) is 5.09. The SMILES string of the molecule is Cc1ccc(C(C)C)cc1-c1ncn(C)c1C(=O)O. The number of rotatable bonds is 3. The van der Waals surface area contributed by atoms with E-state index in [9.17, 15) is 9.90 Å². The van der Waals surface area contributed by atoms with Crippen LogP contribution in [-0.2, 0) is 7.05 Å². The van der Waals surface area contributed by atoms with Gasteiger partial charge in [-0.3, -0.25) is 0 Å². The number of nitrogens with zero attached hydrogens (tertiary/aromatic N) is 2. The Kier molecular flexibility index (Phi) is 3.42. The standard InChI is InChI=1S/C15H18N2O2/c1-9(2)11-6-5-10(3)12(7-11)13-14(15(18)19)17(4)8-16-13/h5-9H,1-4H3,(H,18,19). The number of aryl methyl sites for hydroxylation is 2. The lowest BCUT2D eigenvalue weighted by molar-refractivity contribution is 0.0687. The molecular formula is C15H18N2O2. The van der Waals surface area contributed by atoms with Crippen molar-refractivity contribution in [1.82, 2.24) is 9.55 Å². The average Bonchev–Trinajstić information content (AvgIpc) is 2.71. The number of carboxylic acids is 1. The fourth-order valence-corrected chi connectivity index (χ4v) is 2.13. The number of aromatic nitrogens is 2. The topological polar surface area (TPSA) is 55.1 Å². The summed E-state index contributed by atoms with van der Waals surface area (Å²) in [7, 11) is 1.70. The van der Waals surface area contributed by atoms with Crippen LogP contribution in [-0.4, -0.2) is 20.6 Å². The molecule has 0 amide bonds. The van der Waals surface area contributed by atoms with Gasteiger partial charge in [-0.2, -0.15) is 0 Å². The first-order chi connectivity index (χ1) is 8.91. The lowest BCUT2D eigenvalue weighted by Crippen LogP contribution is -2.06. The largest absolute Gasteiger partial charge is 0.477 e. The highest BCUT2D eigenvalue weighted by Gasteiger charge is 2.19. The zero-order chi connectivity index (χ0) is 14.2. The molecule has 4 nitrogen and oxygen atoms in total. The molecule has 4 heteroatoms. The van der Waals surface area contributed by atoms with E-state index in [0.717, 1.165) is 11.1 Å². The molecule has 0 aliphatic rings. The van der Waals surface area contributed by atoms with E-state index in [-0.39, 0.29) is 5.69 Å². The van der Waals surface area contributed by atoms with Gasteiger partial charge in [-0.15, -0.1) is 0 Å². The first kappa shape index (κ1) is 13.3. The van der Waals surface area contributed by atoms with E-state index in [0.29, 0.717) is 11.6 Å². The monoisotopic (exact) mass is 258 g/mol. The van der Waals surface area contributed by atoms with Crippen molar-refractivity contribution in [1.29, 1.82) is 0 Å². The van der Waals surface area contributed by atoms with E-state index < -0.39 is 5.97 Å². The predicted octanol–water partition coefficient (Wildman–Crippen LogP) is 3.22. The second kappa shape index (κ2) is 4.88. The van der Waals surface area contributed by atoms with Crippen LogP contribution in [0.3, 0.4) is 0 Å². The quantitative estimate of drug-likeness (QED) is 0.919. The van der Waals surface area contributed by atoms with Gasteiger partial charge in [0.05, 0.1) is 6.33 Å². The van der Waals surface area contributed by atoms with Crippen LogP contribution in [0, 0.1) is 6.92 Å². The van der Waals surface area contributed by atoms with E-state index in [1.165, 1.54) is 5.56 Å². The molecule has 0 saturated carbocycles. The maximum absolute atomic E-state index is 11.3. The van der Waals surface area contributed by atoms with Crippen molar-refractivity contribution < 1.29 is 9.90 Å². The summed E-state index contributed by atoms with van der Waals surface area (Å²) in [4.78, 5) is 15.6. The van der Waals surface area contributed by atoms with Gasteiger partial charge in [0, 0.05) is 12.6 Å². The molecule has 100 valence electrons. The molecule has 0 radical (unpaired) electrons. The molecule has 1 aromatic heterocycles. The Morgan fingerprint density at radius 1 is 1.37 bits per heavy atom. The van der Waals surface area contributed by atoms with Gasteiger partial charge in [0.1, 0.15) is 5.69 Å². The third-order valence-corrected chi connectivity index (χ3v) is 3.32. The molecule has 1 heterocycles. The molecule has 0 atom stereocenters. The van der Waals surface area contributed by atoms with Gasteiger partial charge in [0.15, 0.2) is 5.69 Å². The Morgan fingerprint density at radius 3 is 2.63 bits per heavy atom. The van der Waals surface area contributed by atoms with Gasteiger partial charge < -0.3 is 9.67 Å². The van der Waals surface area contributed by atoms with Crippen LogP contribution in [0.5, 0.6) is 0 Å². The summed E-state index contributed by atoms with van der Waals surface area (Å²) in [5.41, 5.74) is 3.87. The van der Waals surface area contributed by atoms with E-state index in [1.54, 1.807) is 17.9 Å². The maximum Gasteiger partial charge on any atom is 0.354 e. The number of aromatic carboxylic acids is 1. The Labute approximate surface area is 112 Å². The summed E-state index contributed by atoms with van der Waals surface area (Å²) in [6.45, 7) is 6.20. The van der Waals surface area contributed by atoms with Crippen LogP contribution >= 0.6 is 0 Å². The van der Waals surface area contributed by atoms with Crippen molar-refractivity contribution in [2.24, 2.45) is 7.05 Å². The minimum absolute atomic E-state index is 0.226. The van der Waals surface area contributed by atoms with Crippen molar-refractivity contribution in [2.45, 2.75) is 26.7 Å².